The van der Waals surface area contributed by atoms with Crippen LogP contribution in [0.2, 0.25) is 0 Å². The highest BCUT2D eigenvalue weighted by Crippen LogP contribution is 2.27. The van der Waals surface area contributed by atoms with Gasteiger partial charge in [0.15, 0.2) is 5.16 Å². The van der Waals surface area contributed by atoms with Crippen molar-refractivity contribution in [2.45, 2.75) is 18.0 Å². The summed E-state index contributed by atoms with van der Waals surface area (Å²) in [6.45, 7) is 0.734. The summed E-state index contributed by atoms with van der Waals surface area (Å²) < 4.78 is 0. The van der Waals surface area contributed by atoms with Crippen molar-refractivity contribution in [2.75, 3.05) is 28.7 Å². The minimum atomic E-state index is 0.0229. The summed E-state index contributed by atoms with van der Waals surface area (Å²) in [5, 5.41) is 0.364. The highest BCUT2D eigenvalue weighted by molar-refractivity contribution is 7.99. The summed E-state index contributed by atoms with van der Waals surface area (Å²) in [7, 11) is 0. The number of para-hydroxylation sites is 1. The van der Waals surface area contributed by atoms with Gasteiger partial charge in [0, 0.05) is 12.2 Å². The fourth-order valence-corrected chi connectivity index (χ4v) is 3.17. The standard InChI is InChI=1S/C14H16N6OS/c15-12-17-13(16)19-14(18-12)22-8-11(21)20-7-3-5-9-4-1-2-6-10(9)20/h1-2,4,6H,3,5,7-8H2,(H4,15,16,17,18,19). The van der Waals surface area contributed by atoms with E-state index in [1.165, 1.54) is 17.3 Å². The lowest BCUT2D eigenvalue weighted by atomic mass is 10.0. The number of carbonyl (C=O) groups is 1. The Morgan fingerprint density at radius 1 is 1.18 bits per heavy atom. The van der Waals surface area contributed by atoms with E-state index < -0.39 is 0 Å². The van der Waals surface area contributed by atoms with Crippen molar-refractivity contribution in [3.63, 3.8) is 0 Å². The van der Waals surface area contributed by atoms with E-state index in [0.29, 0.717) is 5.16 Å². The van der Waals surface area contributed by atoms with Crippen LogP contribution in [0.1, 0.15) is 12.0 Å². The zero-order valence-corrected chi connectivity index (χ0v) is 12.7. The van der Waals surface area contributed by atoms with E-state index in [4.69, 9.17) is 11.5 Å². The van der Waals surface area contributed by atoms with Crippen LogP contribution in [0, 0.1) is 0 Å². The van der Waals surface area contributed by atoms with Gasteiger partial charge in [0.05, 0.1) is 5.75 Å². The first-order valence-corrected chi connectivity index (χ1v) is 7.90. The normalized spacial score (nSPS) is 13.7. The van der Waals surface area contributed by atoms with Crippen LogP contribution in [0.4, 0.5) is 17.6 Å². The number of anilines is 3. The van der Waals surface area contributed by atoms with Gasteiger partial charge in [-0.2, -0.15) is 15.0 Å². The van der Waals surface area contributed by atoms with Gasteiger partial charge in [-0.1, -0.05) is 30.0 Å². The van der Waals surface area contributed by atoms with Gasteiger partial charge in [-0.15, -0.1) is 0 Å². The van der Waals surface area contributed by atoms with Crippen molar-refractivity contribution in [2.24, 2.45) is 0 Å². The molecule has 8 heteroatoms. The Balaban J connectivity index is 1.70. The Bertz CT molecular complexity index is 687. The second-order valence-electron chi connectivity index (χ2n) is 4.90. The molecule has 0 spiro atoms. The molecule has 1 aromatic heterocycles. The molecule has 22 heavy (non-hydrogen) atoms. The molecular formula is C14H16N6OS. The number of hydrogen-bond acceptors (Lipinski definition) is 7. The molecule has 2 heterocycles. The molecule has 0 aliphatic carbocycles. The Morgan fingerprint density at radius 3 is 2.68 bits per heavy atom. The molecular weight excluding hydrogens is 300 g/mol. The molecule has 1 aliphatic rings. The van der Waals surface area contributed by atoms with E-state index in [2.05, 4.69) is 21.0 Å². The number of aryl methyl sites for hydroxylation is 1. The minimum absolute atomic E-state index is 0.0229. The monoisotopic (exact) mass is 316 g/mol. The van der Waals surface area contributed by atoms with Crippen LogP contribution >= 0.6 is 11.8 Å². The zero-order chi connectivity index (χ0) is 15.5. The average Bonchev–Trinajstić information content (AvgIpc) is 2.51. The smallest absolute Gasteiger partial charge is 0.237 e. The first-order valence-electron chi connectivity index (χ1n) is 6.91. The first kappa shape index (κ1) is 14.6. The maximum absolute atomic E-state index is 12.5. The summed E-state index contributed by atoms with van der Waals surface area (Å²) in [5.41, 5.74) is 13.2. The van der Waals surface area contributed by atoms with Crippen molar-refractivity contribution in [3.8, 4) is 0 Å². The van der Waals surface area contributed by atoms with Crippen molar-refractivity contribution < 1.29 is 4.79 Å². The Hall–Kier alpha value is -2.35. The number of aromatic nitrogens is 3. The number of fused-ring (bicyclic) bond motifs is 1. The van der Waals surface area contributed by atoms with E-state index in [1.54, 1.807) is 0 Å². The maximum Gasteiger partial charge on any atom is 0.237 e. The lowest BCUT2D eigenvalue weighted by Crippen LogP contribution is -2.36. The molecule has 1 amide bonds. The SMILES string of the molecule is Nc1nc(N)nc(SCC(=O)N2CCCc3ccccc32)n1. The summed E-state index contributed by atoms with van der Waals surface area (Å²) in [4.78, 5) is 25.9. The van der Waals surface area contributed by atoms with E-state index in [1.807, 2.05) is 23.1 Å². The van der Waals surface area contributed by atoms with Crippen molar-refractivity contribution >= 4 is 35.3 Å². The van der Waals surface area contributed by atoms with Gasteiger partial charge in [0.2, 0.25) is 17.8 Å². The lowest BCUT2D eigenvalue weighted by Gasteiger charge is -2.29. The average molecular weight is 316 g/mol. The van der Waals surface area contributed by atoms with Crippen LogP contribution in [0.15, 0.2) is 29.4 Å². The number of nitrogen functional groups attached to an aromatic ring is 2. The van der Waals surface area contributed by atoms with Crippen LogP contribution in [-0.4, -0.2) is 33.2 Å². The van der Waals surface area contributed by atoms with E-state index in [-0.39, 0.29) is 23.6 Å². The van der Waals surface area contributed by atoms with Gasteiger partial charge < -0.3 is 16.4 Å². The third-order valence-electron chi connectivity index (χ3n) is 3.39. The molecule has 7 nitrogen and oxygen atoms in total. The summed E-state index contributed by atoms with van der Waals surface area (Å²) >= 11 is 1.21. The lowest BCUT2D eigenvalue weighted by molar-refractivity contribution is -0.116. The number of rotatable bonds is 3. The number of carbonyl (C=O) groups excluding carboxylic acids is 1. The molecule has 4 N–H and O–H groups in total. The molecule has 0 atom stereocenters. The fraction of sp³-hybridized carbons (Fsp3) is 0.286. The minimum Gasteiger partial charge on any atom is -0.368 e. The second kappa shape index (κ2) is 6.18. The Labute approximate surface area is 132 Å². The first-order chi connectivity index (χ1) is 10.6. The van der Waals surface area contributed by atoms with Crippen molar-refractivity contribution in [3.05, 3.63) is 29.8 Å². The number of hydrogen-bond donors (Lipinski definition) is 2. The number of thioether (sulfide) groups is 1. The molecule has 2 aromatic rings. The van der Waals surface area contributed by atoms with Crippen LogP contribution in [0.25, 0.3) is 0 Å². The van der Waals surface area contributed by atoms with Crippen molar-refractivity contribution in [1.82, 2.24) is 15.0 Å². The fourth-order valence-electron chi connectivity index (χ4n) is 2.45. The second-order valence-corrected chi connectivity index (χ2v) is 5.84. The summed E-state index contributed by atoms with van der Waals surface area (Å²) in [5.74, 6) is 0.378. The van der Waals surface area contributed by atoms with Gasteiger partial charge >= 0.3 is 0 Å². The highest BCUT2D eigenvalue weighted by Gasteiger charge is 2.22. The molecule has 0 unspecified atom stereocenters. The summed E-state index contributed by atoms with van der Waals surface area (Å²) in [6.07, 6.45) is 1.98. The molecule has 0 saturated carbocycles. The van der Waals surface area contributed by atoms with Gasteiger partial charge in [-0.25, -0.2) is 0 Å². The number of nitrogens with two attached hydrogens (primary N) is 2. The van der Waals surface area contributed by atoms with Crippen LogP contribution in [-0.2, 0) is 11.2 Å². The summed E-state index contributed by atoms with van der Waals surface area (Å²) in [6, 6.07) is 7.99. The molecule has 1 aliphatic heterocycles. The predicted molar refractivity (Wildman–Crippen MR) is 86.5 cm³/mol. The largest absolute Gasteiger partial charge is 0.368 e. The zero-order valence-electron chi connectivity index (χ0n) is 11.9. The number of amides is 1. The molecule has 114 valence electrons. The van der Waals surface area contributed by atoms with E-state index in [9.17, 15) is 4.79 Å². The van der Waals surface area contributed by atoms with Crippen LogP contribution in [0.3, 0.4) is 0 Å². The molecule has 3 rings (SSSR count). The highest BCUT2D eigenvalue weighted by atomic mass is 32.2. The number of nitrogens with zero attached hydrogens (tertiary/aromatic N) is 4. The van der Waals surface area contributed by atoms with Gasteiger partial charge in [0.25, 0.3) is 0 Å². The molecule has 0 radical (unpaired) electrons. The van der Waals surface area contributed by atoms with Crippen LogP contribution < -0.4 is 16.4 Å². The van der Waals surface area contributed by atoms with Gasteiger partial charge in [-0.05, 0) is 24.5 Å². The molecule has 0 fully saturated rings. The quantitative estimate of drug-likeness (QED) is 0.816. The predicted octanol–water partition coefficient (Wildman–Crippen LogP) is 1.11. The number of benzene rings is 1. The van der Waals surface area contributed by atoms with Crippen LogP contribution in [0.5, 0.6) is 0 Å². The van der Waals surface area contributed by atoms with E-state index >= 15 is 0 Å². The van der Waals surface area contributed by atoms with Gasteiger partial charge in [0.1, 0.15) is 0 Å². The molecule has 0 saturated heterocycles. The molecule has 1 aromatic carbocycles. The third-order valence-corrected chi connectivity index (χ3v) is 4.22. The van der Waals surface area contributed by atoms with Crippen molar-refractivity contribution in [1.29, 1.82) is 0 Å². The van der Waals surface area contributed by atoms with Gasteiger partial charge in [-0.3, -0.25) is 4.79 Å². The maximum atomic E-state index is 12.5. The Morgan fingerprint density at radius 2 is 1.91 bits per heavy atom. The molecule has 0 bridgehead atoms. The Kier molecular flexibility index (Phi) is 4.10. The van der Waals surface area contributed by atoms with E-state index in [0.717, 1.165) is 25.1 Å². The third kappa shape index (κ3) is 3.11. The topological polar surface area (TPSA) is 111 Å².